The number of ketones is 1. The van der Waals surface area contributed by atoms with E-state index in [2.05, 4.69) is 6.92 Å². The Morgan fingerprint density at radius 1 is 1.00 bits per heavy atom. The summed E-state index contributed by atoms with van der Waals surface area (Å²) >= 11 is 0. The smallest absolute Gasteiger partial charge is 0.344 e. The zero-order valence-electron chi connectivity index (χ0n) is 17.1. The summed E-state index contributed by atoms with van der Waals surface area (Å²) in [4.78, 5) is 35.6. The predicted molar refractivity (Wildman–Crippen MR) is 113 cm³/mol. The van der Waals surface area contributed by atoms with Crippen LogP contribution in [-0.4, -0.2) is 25.0 Å². The number of carbonyl (C=O) groups excluding carboxylic acids is 2. The molecule has 0 aliphatic rings. The number of aryl methyl sites for hydroxylation is 2. The first-order valence-electron chi connectivity index (χ1n) is 9.91. The van der Waals surface area contributed by atoms with E-state index < -0.39 is 11.6 Å². The molecule has 0 saturated heterocycles. The summed E-state index contributed by atoms with van der Waals surface area (Å²) in [6.07, 6.45) is 3.20. The summed E-state index contributed by atoms with van der Waals surface area (Å²) in [6.45, 7) is 3.24. The molecule has 0 amide bonds. The van der Waals surface area contributed by atoms with Gasteiger partial charge in [-0.2, -0.15) is 0 Å². The summed E-state index contributed by atoms with van der Waals surface area (Å²) in [6, 6.07) is 13.7. The van der Waals surface area contributed by atoms with Gasteiger partial charge >= 0.3 is 11.6 Å². The van der Waals surface area contributed by atoms with Gasteiger partial charge in [0.25, 0.3) is 0 Å². The lowest BCUT2D eigenvalue weighted by Crippen LogP contribution is -2.19. The van der Waals surface area contributed by atoms with Crippen molar-refractivity contribution < 1.29 is 23.5 Å². The van der Waals surface area contributed by atoms with E-state index in [0.29, 0.717) is 16.9 Å². The third-order valence-corrected chi connectivity index (χ3v) is 4.74. The minimum Gasteiger partial charge on any atom is -0.482 e. The summed E-state index contributed by atoms with van der Waals surface area (Å²) in [5.74, 6) is -0.566. The molecule has 1 heterocycles. The van der Waals surface area contributed by atoms with Crippen LogP contribution >= 0.6 is 0 Å². The van der Waals surface area contributed by atoms with Crippen LogP contribution in [0, 0.1) is 6.92 Å². The van der Waals surface area contributed by atoms with Crippen LogP contribution in [0.4, 0.5) is 0 Å². The van der Waals surface area contributed by atoms with Crippen LogP contribution in [0.1, 0.15) is 41.3 Å². The van der Waals surface area contributed by atoms with Crippen LogP contribution in [-0.2, 0) is 16.0 Å². The lowest BCUT2D eigenvalue weighted by atomic mass is 10.0. The van der Waals surface area contributed by atoms with Crippen LogP contribution in [0.3, 0.4) is 0 Å². The Labute approximate surface area is 174 Å². The van der Waals surface area contributed by atoms with Crippen molar-refractivity contribution in [2.75, 3.05) is 13.2 Å². The number of hydrogen-bond acceptors (Lipinski definition) is 6. The van der Waals surface area contributed by atoms with Gasteiger partial charge in [0, 0.05) is 23.1 Å². The van der Waals surface area contributed by atoms with Gasteiger partial charge in [0.2, 0.25) is 0 Å². The molecule has 0 aliphatic carbocycles. The van der Waals surface area contributed by atoms with Crippen molar-refractivity contribution in [1.29, 1.82) is 0 Å². The molecule has 0 fully saturated rings. The van der Waals surface area contributed by atoms with Crippen LogP contribution < -0.4 is 10.4 Å². The van der Waals surface area contributed by atoms with E-state index in [1.807, 2.05) is 19.1 Å². The molecule has 1 aromatic heterocycles. The third-order valence-electron chi connectivity index (χ3n) is 4.74. The number of ether oxygens (including phenoxy) is 2. The zero-order chi connectivity index (χ0) is 21.5. The van der Waals surface area contributed by atoms with Crippen molar-refractivity contribution in [1.82, 2.24) is 0 Å². The average Bonchev–Trinajstić information content (AvgIpc) is 2.74. The Morgan fingerprint density at radius 3 is 2.50 bits per heavy atom. The number of unbranched alkanes of at least 4 members (excludes halogenated alkanes) is 1. The standard InChI is InChI=1S/C24H24O6/c1-3-4-5-17-6-8-18(9-7-17)21(25)14-29-24(27)15-28-19-10-11-20-16(2)12-23(26)30-22(20)13-19/h6-13H,3-5,14-15H2,1-2H3. The number of esters is 1. The number of benzene rings is 2. The van der Waals surface area contributed by atoms with E-state index in [9.17, 15) is 14.4 Å². The van der Waals surface area contributed by atoms with E-state index in [1.54, 1.807) is 30.3 Å². The molecule has 156 valence electrons. The number of fused-ring (bicyclic) bond motifs is 1. The van der Waals surface area contributed by atoms with Crippen LogP contribution in [0.5, 0.6) is 5.75 Å². The first kappa shape index (κ1) is 21.3. The molecule has 2 aromatic carbocycles. The molecule has 3 rings (SSSR count). The van der Waals surface area contributed by atoms with E-state index >= 15 is 0 Å². The largest absolute Gasteiger partial charge is 0.482 e. The monoisotopic (exact) mass is 408 g/mol. The Kier molecular flexibility index (Phi) is 7.01. The lowest BCUT2D eigenvalue weighted by molar-refractivity contribution is -0.144. The summed E-state index contributed by atoms with van der Waals surface area (Å²) in [5, 5.41) is 0.788. The lowest BCUT2D eigenvalue weighted by Gasteiger charge is -2.08. The highest BCUT2D eigenvalue weighted by Crippen LogP contribution is 2.22. The van der Waals surface area contributed by atoms with Crippen molar-refractivity contribution in [2.45, 2.75) is 33.1 Å². The van der Waals surface area contributed by atoms with Gasteiger partial charge in [-0.05, 0) is 43.0 Å². The molecular weight excluding hydrogens is 384 g/mol. The Balaban J connectivity index is 1.50. The second kappa shape index (κ2) is 9.87. The highest BCUT2D eigenvalue weighted by molar-refractivity contribution is 5.98. The van der Waals surface area contributed by atoms with Gasteiger partial charge < -0.3 is 13.9 Å². The molecule has 0 bridgehead atoms. The van der Waals surface area contributed by atoms with E-state index in [-0.39, 0.29) is 19.0 Å². The molecule has 6 nitrogen and oxygen atoms in total. The number of carbonyl (C=O) groups is 2. The zero-order valence-corrected chi connectivity index (χ0v) is 17.1. The van der Waals surface area contributed by atoms with E-state index in [0.717, 1.165) is 30.2 Å². The first-order valence-corrected chi connectivity index (χ1v) is 9.91. The molecule has 0 spiro atoms. The van der Waals surface area contributed by atoms with E-state index in [1.165, 1.54) is 11.6 Å². The molecule has 30 heavy (non-hydrogen) atoms. The fourth-order valence-corrected chi connectivity index (χ4v) is 3.05. The van der Waals surface area contributed by atoms with Crippen molar-refractivity contribution >= 4 is 22.7 Å². The maximum Gasteiger partial charge on any atom is 0.344 e. The Hall–Kier alpha value is -3.41. The molecule has 0 atom stereocenters. The van der Waals surface area contributed by atoms with E-state index in [4.69, 9.17) is 13.9 Å². The second-order valence-corrected chi connectivity index (χ2v) is 7.08. The fourth-order valence-electron chi connectivity index (χ4n) is 3.05. The molecule has 0 radical (unpaired) electrons. The number of Topliss-reactive ketones (excluding diaryl/α,β-unsaturated/α-hetero) is 1. The molecule has 0 N–H and O–H groups in total. The van der Waals surface area contributed by atoms with Crippen molar-refractivity contribution in [3.63, 3.8) is 0 Å². The summed E-state index contributed by atoms with van der Waals surface area (Å²) < 4.78 is 15.6. The molecule has 0 unspecified atom stereocenters. The molecule has 6 heteroatoms. The van der Waals surface area contributed by atoms with Gasteiger partial charge in [-0.1, -0.05) is 37.6 Å². The van der Waals surface area contributed by atoms with Crippen LogP contribution in [0.25, 0.3) is 11.0 Å². The molecular formula is C24H24O6. The minimum atomic E-state index is -0.659. The second-order valence-electron chi connectivity index (χ2n) is 7.08. The number of rotatable bonds is 9. The SMILES string of the molecule is CCCCc1ccc(C(=O)COC(=O)COc2ccc3c(C)cc(=O)oc3c2)cc1. The highest BCUT2D eigenvalue weighted by Gasteiger charge is 2.11. The van der Waals surface area contributed by atoms with Gasteiger partial charge in [0.1, 0.15) is 11.3 Å². The number of hydrogen-bond donors (Lipinski definition) is 0. The average molecular weight is 408 g/mol. The topological polar surface area (TPSA) is 82.8 Å². The van der Waals surface area contributed by atoms with Gasteiger partial charge in [0.15, 0.2) is 19.0 Å². The summed E-state index contributed by atoms with van der Waals surface area (Å²) in [5.41, 5.74) is 2.41. The van der Waals surface area contributed by atoms with Gasteiger partial charge in [0.05, 0.1) is 0 Å². The predicted octanol–water partition coefficient (Wildman–Crippen LogP) is 4.25. The molecule has 3 aromatic rings. The van der Waals surface area contributed by atoms with Gasteiger partial charge in [-0.25, -0.2) is 9.59 Å². The van der Waals surface area contributed by atoms with Gasteiger partial charge in [-0.15, -0.1) is 0 Å². The van der Waals surface area contributed by atoms with Gasteiger partial charge in [-0.3, -0.25) is 4.79 Å². The van der Waals surface area contributed by atoms with Crippen molar-refractivity contribution in [3.05, 3.63) is 75.6 Å². The minimum absolute atomic E-state index is 0.270. The first-order chi connectivity index (χ1) is 14.5. The van der Waals surface area contributed by atoms with Crippen molar-refractivity contribution in [2.24, 2.45) is 0 Å². The highest BCUT2D eigenvalue weighted by atomic mass is 16.6. The third kappa shape index (κ3) is 5.56. The van der Waals surface area contributed by atoms with Crippen LogP contribution in [0.15, 0.2) is 57.7 Å². The Morgan fingerprint density at radius 2 is 1.77 bits per heavy atom. The quantitative estimate of drug-likeness (QED) is 0.299. The maximum atomic E-state index is 12.2. The molecule has 0 aliphatic heterocycles. The molecule has 0 saturated carbocycles. The normalized spacial score (nSPS) is 10.7. The van der Waals surface area contributed by atoms with Crippen molar-refractivity contribution in [3.8, 4) is 5.75 Å². The summed E-state index contributed by atoms with van der Waals surface area (Å²) in [7, 11) is 0. The van der Waals surface area contributed by atoms with Crippen LogP contribution in [0.2, 0.25) is 0 Å². The fraction of sp³-hybridized carbons (Fsp3) is 0.292. The maximum absolute atomic E-state index is 12.2. The Bertz CT molecular complexity index is 1090.